The molecule has 0 amide bonds. The van der Waals surface area contributed by atoms with Gasteiger partial charge in [-0.1, -0.05) is 29.3 Å². The molecule has 12 heteroatoms. The first kappa shape index (κ1) is 26.6. The number of rotatable bonds is 9. The van der Waals surface area contributed by atoms with Crippen molar-refractivity contribution in [2.24, 2.45) is 4.99 Å². The van der Waals surface area contributed by atoms with Gasteiger partial charge in [-0.05, 0) is 25.5 Å². The van der Waals surface area contributed by atoms with Crippen molar-refractivity contribution < 1.29 is 24.2 Å². The third-order valence-corrected chi connectivity index (χ3v) is 7.26. The molecule has 36 heavy (non-hydrogen) atoms. The second kappa shape index (κ2) is 12.2. The van der Waals surface area contributed by atoms with Gasteiger partial charge in [-0.3, -0.25) is 14.7 Å². The maximum absolute atomic E-state index is 13.3. The summed E-state index contributed by atoms with van der Waals surface area (Å²) in [7, 11) is 0. The molecule has 192 valence electrons. The molecule has 1 aromatic heterocycles. The van der Waals surface area contributed by atoms with Crippen LogP contribution in [0.15, 0.2) is 46.0 Å². The Morgan fingerprint density at radius 1 is 1.36 bits per heavy atom. The van der Waals surface area contributed by atoms with Crippen LogP contribution in [0.5, 0.6) is 0 Å². The lowest BCUT2D eigenvalue weighted by Crippen LogP contribution is -2.49. The number of hydrogen-bond acceptors (Lipinski definition) is 9. The number of morpholine rings is 1. The van der Waals surface area contributed by atoms with Gasteiger partial charge in [0.05, 0.1) is 25.4 Å². The van der Waals surface area contributed by atoms with Gasteiger partial charge < -0.3 is 19.9 Å². The Hall–Kier alpha value is -2.50. The zero-order valence-electron chi connectivity index (χ0n) is 19.6. The Labute approximate surface area is 222 Å². The molecule has 4 rings (SSSR count). The van der Waals surface area contributed by atoms with Crippen LogP contribution in [0, 0.1) is 0 Å². The normalized spacial score (nSPS) is 20.6. The summed E-state index contributed by atoms with van der Waals surface area (Å²) in [5.41, 5.74) is 1.55. The summed E-state index contributed by atoms with van der Waals surface area (Å²) in [6.45, 7) is 3.78. The van der Waals surface area contributed by atoms with Crippen molar-refractivity contribution in [3.8, 4) is 0 Å². The standard InChI is InChI=1S/C24H26Cl2N4O5S/c1-2-35-24(33)20-18(12-30-8-9-34-13-15(30)4-6-19(31)32)28-22(23-27-7-10-36-23)29-21(20)16-5-3-14(25)11-17(16)26/h3,5,7,10-11,15,21H,2,4,6,8-9,12-13H2,1H3,(H,28,29)(H,31,32)/t15-,21+/m1/s1. The topological polar surface area (TPSA) is 113 Å². The summed E-state index contributed by atoms with van der Waals surface area (Å²) in [4.78, 5) is 35.9. The molecular formula is C24H26Cl2N4O5S. The minimum Gasteiger partial charge on any atom is -0.481 e. The lowest BCUT2D eigenvalue weighted by atomic mass is 9.95. The van der Waals surface area contributed by atoms with E-state index in [1.165, 1.54) is 11.3 Å². The number of hydrogen-bond donors (Lipinski definition) is 2. The summed E-state index contributed by atoms with van der Waals surface area (Å²) >= 11 is 14.1. The number of aliphatic imine (C=N–C) groups is 1. The van der Waals surface area contributed by atoms with Crippen LogP contribution in [0.1, 0.15) is 36.4 Å². The fraction of sp³-hybridized carbons (Fsp3) is 0.417. The second-order valence-corrected chi connectivity index (χ2v) is 9.99. The second-order valence-electron chi connectivity index (χ2n) is 8.25. The zero-order chi connectivity index (χ0) is 25.7. The van der Waals surface area contributed by atoms with Crippen LogP contribution >= 0.6 is 34.5 Å². The van der Waals surface area contributed by atoms with Crippen molar-refractivity contribution in [1.82, 2.24) is 15.2 Å². The Bertz CT molecular complexity index is 1170. The zero-order valence-corrected chi connectivity index (χ0v) is 21.9. The Morgan fingerprint density at radius 3 is 2.89 bits per heavy atom. The van der Waals surface area contributed by atoms with Crippen LogP contribution in [0.25, 0.3) is 0 Å². The van der Waals surface area contributed by atoms with Gasteiger partial charge in [0, 0.05) is 58.4 Å². The number of esters is 1. The predicted octanol–water partition coefficient (Wildman–Crippen LogP) is 3.92. The summed E-state index contributed by atoms with van der Waals surface area (Å²) in [5, 5.41) is 15.9. The molecule has 0 spiro atoms. The fourth-order valence-electron chi connectivity index (χ4n) is 4.22. The molecule has 2 atom stereocenters. The highest BCUT2D eigenvalue weighted by molar-refractivity contribution is 7.11. The fourth-order valence-corrected chi connectivity index (χ4v) is 5.32. The number of thiazole rings is 1. The van der Waals surface area contributed by atoms with Gasteiger partial charge in [0.15, 0.2) is 10.8 Å². The molecule has 0 unspecified atom stereocenters. The number of carboxylic acid groups (broad SMARTS) is 1. The van der Waals surface area contributed by atoms with Gasteiger partial charge in [-0.25, -0.2) is 9.78 Å². The van der Waals surface area contributed by atoms with Gasteiger partial charge in [0.2, 0.25) is 0 Å². The maximum Gasteiger partial charge on any atom is 0.338 e. The van der Waals surface area contributed by atoms with E-state index in [0.717, 1.165) is 0 Å². The number of ether oxygens (including phenoxy) is 2. The number of carbonyl (C=O) groups is 2. The van der Waals surface area contributed by atoms with Crippen LogP contribution in [-0.4, -0.2) is 71.7 Å². The number of aliphatic carboxylic acids is 1. The predicted molar refractivity (Wildman–Crippen MR) is 138 cm³/mol. The monoisotopic (exact) mass is 552 g/mol. The van der Waals surface area contributed by atoms with E-state index in [9.17, 15) is 14.7 Å². The summed E-state index contributed by atoms with van der Waals surface area (Å²) < 4.78 is 11.1. The number of amidine groups is 1. The molecule has 1 aromatic carbocycles. The van der Waals surface area contributed by atoms with E-state index in [-0.39, 0.29) is 19.1 Å². The number of nitrogens with zero attached hydrogens (tertiary/aromatic N) is 3. The lowest BCUT2D eigenvalue weighted by Gasteiger charge is -2.37. The number of benzene rings is 1. The number of aromatic nitrogens is 1. The highest BCUT2D eigenvalue weighted by atomic mass is 35.5. The van der Waals surface area contributed by atoms with Crippen LogP contribution in [0.2, 0.25) is 10.0 Å². The third-order valence-electron chi connectivity index (χ3n) is 5.92. The van der Waals surface area contributed by atoms with Crippen LogP contribution in [0.3, 0.4) is 0 Å². The van der Waals surface area contributed by atoms with Crippen molar-refractivity contribution in [3.05, 3.63) is 61.7 Å². The first-order valence-corrected chi connectivity index (χ1v) is 13.1. The van der Waals surface area contributed by atoms with Gasteiger partial charge in [0.25, 0.3) is 0 Å². The minimum atomic E-state index is -0.863. The van der Waals surface area contributed by atoms with Gasteiger partial charge >= 0.3 is 11.9 Å². The van der Waals surface area contributed by atoms with E-state index in [2.05, 4.69) is 15.2 Å². The molecule has 0 aliphatic carbocycles. The average Bonchev–Trinajstić information content (AvgIpc) is 3.38. The first-order chi connectivity index (χ1) is 17.4. The number of halogens is 2. The molecule has 2 N–H and O–H groups in total. The van der Waals surface area contributed by atoms with Crippen LogP contribution < -0.4 is 5.32 Å². The van der Waals surface area contributed by atoms with Crippen LogP contribution in [-0.2, 0) is 19.1 Å². The van der Waals surface area contributed by atoms with Crippen LogP contribution in [0.4, 0.5) is 0 Å². The summed E-state index contributed by atoms with van der Waals surface area (Å²) in [5.74, 6) is -0.855. The van der Waals surface area contributed by atoms with E-state index < -0.39 is 18.0 Å². The number of carbonyl (C=O) groups excluding carboxylic acids is 1. The molecule has 0 bridgehead atoms. The molecular weight excluding hydrogens is 527 g/mol. The molecule has 1 saturated heterocycles. The van der Waals surface area contributed by atoms with Crippen molar-refractivity contribution in [2.75, 3.05) is 32.9 Å². The molecule has 0 radical (unpaired) electrons. The molecule has 2 aliphatic rings. The van der Waals surface area contributed by atoms with E-state index in [1.54, 1.807) is 31.3 Å². The van der Waals surface area contributed by atoms with E-state index in [0.29, 0.717) is 70.4 Å². The third kappa shape index (κ3) is 6.24. The van der Waals surface area contributed by atoms with Crippen molar-refractivity contribution in [3.63, 3.8) is 0 Å². The smallest absolute Gasteiger partial charge is 0.338 e. The van der Waals surface area contributed by atoms with E-state index in [1.807, 2.05) is 5.38 Å². The van der Waals surface area contributed by atoms with Crippen molar-refractivity contribution in [1.29, 1.82) is 0 Å². The molecule has 3 heterocycles. The van der Waals surface area contributed by atoms with Gasteiger partial charge in [-0.15, -0.1) is 11.3 Å². The van der Waals surface area contributed by atoms with Gasteiger partial charge in [-0.2, -0.15) is 0 Å². The molecule has 9 nitrogen and oxygen atoms in total. The van der Waals surface area contributed by atoms with E-state index in [4.69, 9.17) is 37.7 Å². The van der Waals surface area contributed by atoms with Crippen molar-refractivity contribution >= 4 is 52.3 Å². The molecule has 0 saturated carbocycles. The average molecular weight is 553 g/mol. The quantitative estimate of drug-likeness (QED) is 0.450. The lowest BCUT2D eigenvalue weighted by molar-refractivity contribution is -0.139. The van der Waals surface area contributed by atoms with Crippen molar-refractivity contribution in [2.45, 2.75) is 31.8 Å². The Balaban J connectivity index is 1.78. The molecule has 2 aromatic rings. The summed E-state index contributed by atoms with van der Waals surface area (Å²) in [6, 6.07) is 4.21. The Morgan fingerprint density at radius 2 is 2.19 bits per heavy atom. The Kier molecular flexibility index (Phi) is 8.97. The highest BCUT2D eigenvalue weighted by Gasteiger charge is 2.36. The summed E-state index contributed by atoms with van der Waals surface area (Å²) in [6.07, 6.45) is 2.14. The SMILES string of the molecule is CCOC(=O)C1=C(CN2CCOC[C@H]2CCC(=O)O)NC(c2nccs2)=N[C@H]1c1ccc(Cl)cc1Cl. The van der Waals surface area contributed by atoms with Gasteiger partial charge in [0.1, 0.15) is 6.04 Å². The number of nitrogens with one attached hydrogen (secondary N) is 1. The molecule has 2 aliphatic heterocycles. The molecule has 1 fully saturated rings. The van der Waals surface area contributed by atoms with E-state index >= 15 is 0 Å². The largest absolute Gasteiger partial charge is 0.481 e. The first-order valence-electron chi connectivity index (χ1n) is 11.5. The minimum absolute atomic E-state index is 0.0244. The number of carboxylic acids is 1. The highest BCUT2D eigenvalue weighted by Crippen LogP contribution is 2.37. The maximum atomic E-state index is 13.3.